The Balaban J connectivity index is 0.00000289. The predicted molar refractivity (Wildman–Crippen MR) is 75.7 cm³/mol. The molecule has 1 rings (SSSR count). The maximum atomic E-state index is 12.0. The number of nitrogens with two attached hydrogens (primary N) is 1. The monoisotopic (exact) mass is 278 g/mol. The number of amides is 1. The zero-order valence-corrected chi connectivity index (χ0v) is 12.1. The normalized spacial score (nSPS) is 19.7. The molecule has 0 spiro atoms. The van der Waals surface area contributed by atoms with Crippen molar-refractivity contribution >= 4 is 18.3 Å². The lowest BCUT2D eigenvalue weighted by atomic mass is 9.82. The van der Waals surface area contributed by atoms with Crippen LogP contribution in [0.15, 0.2) is 0 Å². The molecule has 4 nitrogen and oxygen atoms in total. The van der Waals surface area contributed by atoms with Gasteiger partial charge in [-0.05, 0) is 25.2 Å². The molecule has 0 aliphatic heterocycles. The van der Waals surface area contributed by atoms with Crippen molar-refractivity contribution in [1.82, 2.24) is 5.32 Å². The minimum absolute atomic E-state index is 0. The van der Waals surface area contributed by atoms with E-state index in [2.05, 4.69) is 12.2 Å². The molecule has 1 aliphatic carbocycles. The smallest absolute Gasteiger partial charge is 0.240 e. The number of rotatable bonds is 6. The van der Waals surface area contributed by atoms with Gasteiger partial charge in [-0.1, -0.05) is 32.6 Å². The molecule has 1 aliphatic rings. The molecule has 0 heterocycles. The Morgan fingerprint density at radius 2 is 2.00 bits per heavy atom. The van der Waals surface area contributed by atoms with Crippen LogP contribution in [0.4, 0.5) is 0 Å². The number of hydrogen-bond donors (Lipinski definition) is 3. The number of aliphatic hydroxyl groups excluding tert-OH is 1. The van der Waals surface area contributed by atoms with Crippen LogP contribution in [0.5, 0.6) is 0 Å². The van der Waals surface area contributed by atoms with Crippen LogP contribution in [0.2, 0.25) is 0 Å². The van der Waals surface area contributed by atoms with E-state index in [1.165, 1.54) is 6.42 Å². The minimum Gasteiger partial charge on any atom is -0.396 e. The lowest BCUT2D eigenvalue weighted by Gasteiger charge is -2.32. The number of hydrogen-bond acceptors (Lipinski definition) is 3. The van der Waals surface area contributed by atoms with Crippen molar-refractivity contribution in [2.45, 2.75) is 57.4 Å². The minimum atomic E-state index is -0.643. The summed E-state index contributed by atoms with van der Waals surface area (Å²) in [5.74, 6) is 0.352. The standard InChI is InChI=1S/C13H26N2O2.ClH/c1-2-11(6-9-16)10-15-12(17)13(14)7-4-3-5-8-13;/h11,16H,2-10,14H2,1H3,(H,15,17);1H. The molecule has 1 unspecified atom stereocenters. The van der Waals surface area contributed by atoms with Crippen LogP contribution in [0.25, 0.3) is 0 Å². The first-order chi connectivity index (χ1) is 8.12. The fourth-order valence-electron chi connectivity index (χ4n) is 2.46. The Morgan fingerprint density at radius 1 is 1.39 bits per heavy atom. The molecule has 0 aromatic heterocycles. The third-order valence-corrected chi connectivity index (χ3v) is 3.86. The number of halogens is 1. The van der Waals surface area contributed by atoms with E-state index in [-0.39, 0.29) is 24.9 Å². The molecule has 1 saturated carbocycles. The lowest BCUT2D eigenvalue weighted by molar-refractivity contribution is -0.127. The van der Waals surface area contributed by atoms with Crippen molar-refractivity contribution in [1.29, 1.82) is 0 Å². The van der Waals surface area contributed by atoms with Gasteiger partial charge in [-0.3, -0.25) is 4.79 Å². The van der Waals surface area contributed by atoms with Gasteiger partial charge in [0.2, 0.25) is 5.91 Å². The zero-order valence-electron chi connectivity index (χ0n) is 11.3. The topological polar surface area (TPSA) is 75.3 Å². The fourth-order valence-corrected chi connectivity index (χ4v) is 2.46. The molecular formula is C13H27ClN2O2. The predicted octanol–water partition coefficient (Wildman–Crippen LogP) is 1.59. The molecule has 0 aromatic rings. The molecule has 1 amide bonds. The second-order valence-electron chi connectivity index (χ2n) is 5.21. The highest BCUT2D eigenvalue weighted by Gasteiger charge is 2.35. The molecule has 5 heteroatoms. The summed E-state index contributed by atoms with van der Waals surface area (Å²) in [4.78, 5) is 12.0. The number of carbonyl (C=O) groups excluding carboxylic acids is 1. The second-order valence-corrected chi connectivity index (χ2v) is 5.21. The van der Waals surface area contributed by atoms with Gasteiger partial charge in [-0.25, -0.2) is 0 Å². The summed E-state index contributed by atoms with van der Waals surface area (Å²) < 4.78 is 0. The molecule has 1 fully saturated rings. The van der Waals surface area contributed by atoms with Crippen LogP contribution in [-0.4, -0.2) is 29.7 Å². The Morgan fingerprint density at radius 3 is 2.50 bits per heavy atom. The molecule has 0 radical (unpaired) electrons. The Bertz CT molecular complexity index is 243. The van der Waals surface area contributed by atoms with Crippen LogP contribution >= 0.6 is 12.4 Å². The summed E-state index contributed by atoms with van der Waals surface area (Å²) in [5.41, 5.74) is 5.50. The van der Waals surface area contributed by atoms with E-state index in [1.54, 1.807) is 0 Å². The van der Waals surface area contributed by atoms with Gasteiger partial charge in [0.25, 0.3) is 0 Å². The molecule has 18 heavy (non-hydrogen) atoms. The van der Waals surface area contributed by atoms with Crippen LogP contribution < -0.4 is 11.1 Å². The quantitative estimate of drug-likeness (QED) is 0.691. The van der Waals surface area contributed by atoms with Gasteiger partial charge in [0.1, 0.15) is 0 Å². The third-order valence-electron chi connectivity index (χ3n) is 3.86. The van der Waals surface area contributed by atoms with Crippen LogP contribution in [0, 0.1) is 5.92 Å². The summed E-state index contributed by atoms with van der Waals surface area (Å²) in [7, 11) is 0. The Hall–Kier alpha value is -0.320. The van der Waals surface area contributed by atoms with Gasteiger partial charge >= 0.3 is 0 Å². The second kappa shape index (κ2) is 8.73. The van der Waals surface area contributed by atoms with E-state index in [1.807, 2.05) is 0 Å². The highest BCUT2D eigenvalue weighted by molar-refractivity contribution is 5.86. The van der Waals surface area contributed by atoms with Gasteiger partial charge < -0.3 is 16.2 Å². The maximum absolute atomic E-state index is 12.0. The van der Waals surface area contributed by atoms with Gasteiger partial charge in [0.05, 0.1) is 5.54 Å². The van der Waals surface area contributed by atoms with E-state index >= 15 is 0 Å². The van der Waals surface area contributed by atoms with Gasteiger partial charge in [0.15, 0.2) is 0 Å². The van der Waals surface area contributed by atoms with E-state index in [0.29, 0.717) is 12.5 Å². The number of nitrogens with one attached hydrogen (secondary N) is 1. The van der Waals surface area contributed by atoms with Gasteiger partial charge in [-0.15, -0.1) is 12.4 Å². The summed E-state index contributed by atoms with van der Waals surface area (Å²) in [6.45, 7) is 2.89. The van der Waals surface area contributed by atoms with Crippen molar-refractivity contribution in [2.75, 3.05) is 13.2 Å². The first kappa shape index (κ1) is 17.7. The molecular weight excluding hydrogens is 252 g/mol. The molecule has 1 atom stereocenters. The van der Waals surface area contributed by atoms with Gasteiger partial charge in [-0.2, -0.15) is 0 Å². The average Bonchev–Trinajstić information content (AvgIpc) is 2.35. The molecule has 108 valence electrons. The summed E-state index contributed by atoms with van der Waals surface area (Å²) >= 11 is 0. The summed E-state index contributed by atoms with van der Waals surface area (Å²) in [6, 6.07) is 0. The van der Waals surface area contributed by atoms with Crippen LogP contribution in [0.3, 0.4) is 0 Å². The van der Waals surface area contributed by atoms with Crippen molar-refractivity contribution in [3.05, 3.63) is 0 Å². The molecule has 4 N–H and O–H groups in total. The first-order valence-electron chi connectivity index (χ1n) is 6.80. The molecule has 0 bridgehead atoms. The van der Waals surface area contributed by atoms with E-state index in [9.17, 15) is 4.79 Å². The largest absolute Gasteiger partial charge is 0.396 e. The number of aliphatic hydroxyl groups is 1. The fraction of sp³-hybridized carbons (Fsp3) is 0.923. The van der Waals surface area contributed by atoms with Crippen molar-refractivity contribution < 1.29 is 9.90 Å². The van der Waals surface area contributed by atoms with Crippen molar-refractivity contribution in [3.8, 4) is 0 Å². The summed E-state index contributed by atoms with van der Waals surface area (Å²) in [5, 5.41) is 11.8. The average molecular weight is 279 g/mol. The third kappa shape index (κ3) is 5.12. The van der Waals surface area contributed by atoms with E-state index in [4.69, 9.17) is 10.8 Å². The zero-order chi connectivity index (χ0) is 12.7. The van der Waals surface area contributed by atoms with Crippen molar-refractivity contribution in [2.24, 2.45) is 11.7 Å². The van der Waals surface area contributed by atoms with Crippen molar-refractivity contribution in [3.63, 3.8) is 0 Å². The SMILES string of the molecule is CCC(CCO)CNC(=O)C1(N)CCCCC1.Cl. The Kier molecular flexibility index (Phi) is 8.57. The first-order valence-corrected chi connectivity index (χ1v) is 6.80. The van der Waals surface area contributed by atoms with Crippen LogP contribution in [0.1, 0.15) is 51.9 Å². The van der Waals surface area contributed by atoms with E-state index in [0.717, 1.165) is 38.5 Å². The molecule has 0 saturated heterocycles. The van der Waals surface area contributed by atoms with E-state index < -0.39 is 5.54 Å². The molecule has 0 aromatic carbocycles. The summed E-state index contributed by atoms with van der Waals surface area (Å²) in [6.07, 6.45) is 6.61. The Labute approximate surface area is 116 Å². The maximum Gasteiger partial charge on any atom is 0.240 e. The highest BCUT2D eigenvalue weighted by Crippen LogP contribution is 2.26. The highest BCUT2D eigenvalue weighted by atomic mass is 35.5. The number of carbonyl (C=O) groups is 1. The van der Waals surface area contributed by atoms with Crippen LogP contribution in [-0.2, 0) is 4.79 Å². The van der Waals surface area contributed by atoms with Gasteiger partial charge in [0, 0.05) is 13.2 Å². The lowest BCUT2D eigenvalue weighted by Crippen LogP contribution is -2.55.